The number of carbonyl (C=O) groups excluding carboxylic acids is 1. The number of rotatable bonds is 2. The molecule has 27 heavy (non-hydrogen) atoms. The summed E-state index contributed by atoms with van der Waals surface area (Å²) in [7, 11) is 0. The van der Waals surface area contributed by atoms with E-state index in [1.54, 1.807) is 0 Å². The first kappa shape index (κ1) is 17.9. The highest BCUT2D eigenvalue weighted by Crippen LogP contribution is 2.44. The van der Waals surface area contributed by atoms with Crippen LogP contribution in [0.4, 0.5) is 11.4 Å². The van der Waals surface area contributed by atoms with Crippen LogP contribution in [0.2, 0.25) is 0 Å². The first-order valence-corrected chi connectivity index (χ1v) is 9.89. The van der Waals surface area contributed by atoms with Gasteiger partial charge in [0.15, 0.2) is 0 Å². The molecule has 142 valence electrons. The molecule has 0 saturated carbocycles. The van der Waals surface area contributed by atoms with Gasteiger partial charge in [0.05, 0.1) is 12.1 Å². The maximum atomic E-state index is 12.5. The molecule has 0 spiro atoms. The second-order valence-electron chi connectivity index (χ2n) is 8.86. The lowest BCUT2D eigenvalue weighted by Crippen LogP contribution is -2.35. The van der Waals surface area contributed by atoms with E-state index in [9.17, 15) is 4.79 Å². The monoisotopic (exact) mass is 363 g/mol. The van der Waals surface area contributed by atoms with Crippen LogP contribution < -0.4 is 11.1 Å². The van der Waals surface area contributed by atoms with E-state index in [-0.39, 0.29) is 23.4 Å². The normalized spacial score (nSPS) is 22.5. The predicted octanol–water partition coefficient (Wildman–Crippen LogP) is 4.79. The maximum absolute atomic E-state index is 12.5. The number of nitrogens with one attached hydrogen (secondary N) is 1. The Hall–Kier alpha value is -2.49. The van der Waals surface area contributed by atoms with E-state index in [1.807, 2.05) is 18.2 Å². The van der Waals surface area contributed by atoms with Crippen molar-refractivity contribution < 1.29 is 4.79 Å². The number of likely N-dealkylation sites (tertiary alicyclic amines) is 1. The molecule has 0 radical (unpaired) electrons. The highest BCUT2D eigenvalue weighted by Gasteiger charge is 2.36. The number of benzene rings is 2. The van der Waals surface area contributed by atoms with Gasteiger partial charge in [-0.1, -0.05) is 45.0 Å². The molecule has 1 saturated heterocycles. The Balaban J connectivity index is 1.77. The molecule has 2 unspecified atom stereocenters. The Kier molecular flexibility index (Phi) is 4.37. The molecule has 0 bridgehead atoms. The van der Waals surface area contributed by atoms with Gasteiger partial charge in [-0.3, -0.25) is 4.79 Å². The zero-order valence-electron chi connectivity index (χ0n) is 16.5. The van der Waals surface area contributed by atoms with Gasteiger partial charge in [-0.2, -0.15) is 0 Å². The SMILES string of the molecule is CC(C)(C)c1ccc2c(c1)C(N1CCCC1=O)CC(c1cccc(N)c1)N2. The molecule has 2 aliphatic heterocycles. The third-order valence-corrected chi connectivity index (χ3v) is 5.86. The van der Waals surface area contributed by atoms with Crippen LogP contribution in [0.15, 0.2) is 42.5 Å². The van der Waals surface area contributed by atoms with Crippen molar-refractivity contribution in [2.45, 2.75) is 57.5 Å². The number of nitrogens with two attached hydrogens (primary N) is 1. The number of hydrogen-bond acceptors (Lipinski definition) is 3. The number of anilines is 2. The zero-order valence-corrected chi connectivity index (χ0v) is 16.5. The number of nitrogens with zero attached hydrogens (tertiary/aromatic N) is 1. The van der Waals surface area contributed by atoms with Gasteiger partial charge < -0.3 is 16.0 Å². The van der Waals surface area contributed by atoms with Crippen molar-refractivity contribution in [2.75, 3.05) is 17.6 Å². The number of nitrogen functional groups attached to an aromatic ring is 1. The maximum Gasteiger partial charge on any atom is 0.223 e. The third kappa shape index (κ3) is 3.41. The van der Waals surface area contributed by atoms with Crippen LogP contribution >= 0.6 is 0 Å². The van der Waals surface area contributed by atoms with Crippen LogP contribution in [0.3, 0.4) is 0 Å². The highest BCUT2D eigenvalue weighted by atomic mass is 16.2. The predicted molar refractivity (Wildman–Crippen MR) is 111 cm³/mol. The van der Waals surface area contributed by atoms with Gasteiger partial charge >= 0.3 is 0 Å². The van der Waals surface area contributed by atoms with Crippen molar-refractivity contribution in [3.8, 4) is 0 Å². The second kappa shape index (κ2) is 6.59. The van der Waals surface area contributed by atoms with Gasteiger partial charge in [-0.05, 0) is 53.1 Å². The molecule has 2 aliphatic rings. The zero-order chi connectivity index (χ0) is 19.2. The number of fused-ring (bicyclic) bond motifs is 1. The Bertz CT molecular complexity index is 868. The van der Waals surface area contributed by atoms with Crippen molar-refractivity contribution in [3.63, 3.8) is 0 Å². The molecule has 0 aliphatic carbocycles. The van der Waals surface area contributed by atoms with Crippen molar-refractivity contribution in [3.05, 3.63) is 59.2 Å². The van der Waals surface area contributed by atoms with Gasteiger partial charge in [0, 0.05) is 24.3 Å². The first-order chi connectivity index (χ1) is 12.8. The van der Waals surface area contributed by atoms with Crippen LogP contribution in [-0.4, -0.2) is 17.4 Å². The lowest BCUT2D eigenvalue weighted by atomic mass is 9.82. The first-order valence-electron chi connectivity index (χ1n) is 9.89. The quantitative estimate of drug-likeness (QED) is 0.755. The molecule has 1 fully saturated rings. The van der Waals surface area contributed by atoms with Gasteiger partial charge in [0.2, 0.25) is 5.91 Å². The Morgan fingerprint density at radius 2 is 1.96 bits per heavy atom. The van der Waals surface area contributed by atoms with Crippen molar-refractivity contribution in [1.29, 1.82) is 0 Å². The molecule has 4 rings (SSSR count). The molecule has 2 aromatic carbocycles. The van der Waals surface area contributed by atoms with E-state index >= 15 is 0 Å². The van der Waals surface area contributed by atoms with E-state index < -0.39 is 0 Å². The van der Waals surface area contributed by atoms with E-state index in [1.165, 1.54) is 16.7 Å². The van der Waals surface area contributed by atoms with Gasteiger partial charge in [0.25, 0.3) is 0 Å². The summed E-state index contributed by atoms with van der Waals surface area (Å²) in [6.45, 7) is 7.55. The molecule has 3 N–H and O–H groups in total. The second-order valence-corrected chi connectivity index (χ2v) is 8.86. The van der Waals surface area contributed by atoms with Crippen LogP contribution in [0.1, 0.15) is 68.8 Å². The van der Waals surface area contributed by atoms with E-state index in [0.717, 1.165) is 30.8 Å². The molecule has 2 heterocycles. The van der Waals surface area contributed by atoms with E-state index in [0.29, 0.717) is 6.42 Å². The molecule has 0 aromatic heterocycles. The Morgan fingerprint density at radius 3 is 2.63 bits per heavy atom. The number of amides is 1. The van der Waals surface area contributed by atoms with Gasteiger partial charge in [-0.15, -0.1) is 0 Å². The summed E-state index contributed by atoms with van der Waals surface area (Å²) in [5.41, 5.74) is 11.7. The largest absolute Gasteiger partial charge is 0.399 e. The van der Waals surface area contributed by atoms with E-state index in [4.69, 9.17) is 5.73 Å². The lowest BCUT2D eigenvalue weighted by molar-refractivity contribution is -0.130. The van der Waals surface area contributed by atoms with Gasteiger partial charge in [-0.25, -0.2) is 0 Å². The third-order valence-electron chi connectivity index (χ3n) is 5.86. The Morgan fingerprint density at radius 1 is 1.15 bits per heavy atom. The summed E-state index contributed by atoms with van der Waals surface area (Å²) >= 11 is 0. The van der Waals surface area contributed by atoms with Crippen molar-refractivity contribution >= 4 is 17.3 Å². The number of carbonyl (C=O) groups is 1. The van der Waals surface area contributed by atoms with Crippen LogP contribution in [-0.2, 0) is 10.2 Å². The Labute approximate surface area is 161 Å². The van der Waals surface area contributed by atoms with Crippen LogP contribution in [0, 0.1) is 0 Å². The fraction of sp³-hybridized carbons (Fsp3) is 0.435. The molecule has 1 amide bonds. The summed E-state index contributed by atoms with van der Waals surface area (Å²) in [5, 5.41) is 3.69. The summed E-state index contributed by atoms with van der Waals surface area (Å²) in [6, 6.07) is 15.0. The summed E-state index contributed by atoms with van der Waals surface area (Å²) in [6.07, 6.45) is 2.50. The molecule has 4 nitrogen and oxygen atoms in total. The standard InChI is InChI=1S/C23H29N3O/c1-23(2,3)16-9-10-19-18(13-16)21(26-11-5-8-22(26)27)14-20(25-19)15-6-4-7-17(24)12-15/h4,6-7,9-10,12-13,20-21,25H,5,8,11,14,24H2,1-3H3. The minimum atomic E-state index is 0.0827. The smallest absolute Gasteiger partial charge is 0.223 e. The molecule has 2 aromatic rings. The number of hydrogen-bond donors (Lipinski definition) is 2. The minimum absolute atomic E-state index is 0.0827. The fourth-order valence-electron chi connectivity index (χ4n) is 4.32. The highest BCUT2D eigenvalue weighted by molar-refractivity contribution is 5.79. The molecular weight excluding hydrogens is 334 g/mol. The van der Waals surface area contributed by atoms with Crippen LogP contribution in [0.25, 0.3) is 0 Å². The topological polar surface area (TPSA) is 58.4 Å². The summed E-state index contributed by atoms with van der Waals surface area (Å²) in [4.78, 5) is 14.6. The average Bonchev–Trinajstić information content (AvgIpc) is 3.05. The summed E-state index contributed by atoms with van der Waals surface area (Å²) < 4.78 is 0. The summed E-state index contributed by atoms with van der Waals surface area (Å²) in [5.74, 6) is 0.278. The molecule has 2 atom stereocenters. The van der Waals surface area contributed by atoms with Crippen molar-refractivity contribution in [1.82, 2.24) is 4.90 Å². The van der Waals surface area contributed by atoms with Gasteiger partial charge in [0.1, 0.15) is 0 Å². The molecular formula is C23H29N3O. The minimum Gasteiger partial charge on any atom is -0.399 e. The molecule has 4 heteroatoms. The fourth-order valence-corrected chi connectivity index (χ4v) is 4.32. The van der Waals surface area contributed by atoms with Crippen molar-refractivity contribution in [2.24, 2.45) is 0 Å². The van der Waals surface area contributed by atoms with E-state index in [2.05, 4.69) is 55.3 Å². The van der Waals surface area contributed by atoms with Crippen LogP contribution in [0.5, 0.6) is 0 Å². The average molecular weight is 364 g/mol. The lowest BCUT2D eigenvalue weighted by Gasteiger charge is -2.39.